The van der Waals surface area contributed by atoms with E-state index in [1.165, 1.54) is 0 Å². The second-order valence-electron chi connectivity index (χ2n) is 3.92. The summed E-state index contributed by atoms with van der Waals surface area (Å²) in [5.41, 5.74) is 5.28. The lowest BCUT2D eigenvalue weighted by Gasteiger charge is -2.32. The highest BCUT2D eigenvalue weighted by molar-refractivity contribution is 5.77. The molecule has 1 heterocycles. The number of carbonyl (C=O) groups is 2. The van der Waals surface area contributed by atoms with Crippen LogP contribution in [0.2, 0.25) is 0 Å². The monoisotopic (exact) mass is 230 g/mol. The lowest BCUT2D eigenvalue weighted by Crippen LogP contribution is -2.53. The molecule has 0 saturated carbocycles. The van der Waals surface area contributed by atoms with Gasteiger partial charge in [0.25, 0.3) is 0 Å². The Morgan fingerprint density at radius 2 is 1.94 bits per heavy atom. The number of hydrogen-bond donors (Lipinski definition) is 3. The van der Waals surface area contributed by atoms with Crippen molar-refractivity contribution in [3.8, 4) is 0 Å². The van der Waals surface area contributed by atoms with E-state index in [0.717, 1.165) is 13.1 Å². The van der Waals surface area contributed by atoms with E-state index in [0.29, 0.717) is 13.1 Å². The van der Waals surface area contributed by atoms with Crippen molar-refractivity contribution in [2.45, 2.75) is 6.04 Å². The van der Waals surface area contributed by atoms with Gasteiger partial charge in [-0.25, -0.2) is 4.79 Å². The minimum atomic E-state index is -1.11. The first-order chi connectivity index (χ1) is 7.50. The number of carboxylic acid groups (broad SMARTS) is 1. The SMILES string of the molecule is CN1CCN(C(=O)NC[C@H](N)C(=O)O)CC1. The maximum Gasteiger partial charge on any atom is 0.322 e. The van der Waals surface area contributed by atoms with Crippen LogP contribution < -0.4 is 11.1 Å². The number of urea groups is 1. The smallest absolute Gasteiger partial charge is 0.322 e. The molecule has 1 atom stereocenters. The fourth-order valence-electron chi connectivity index (χ4n) is 1.41. The highest BCUT2D eigenvalue weighted by atomic mass is 16.4. The second-order valence-corrected chi connectivity index (χ2v) is 3.92. The minimum absolute atomic E-state index is 0.0412. The molecule has 0 bridgehead atoms. The predicted molar refractivity (Wildman–Crippen MR) is 58.1 cm³/mol. The molecular weight excluding hydrogens is 212 g/mol. The number of rotatable bonds is 3. The van der Waals surface area contributed by atoms with Gasteiger partial charge in [-0.15, -0.1) is 0 Å². The van der Waals surface area contributed by atoms with Crippen molar-refractivity contribution in [3.05, 3.63) is 0 Å². The van der Waals surface area contributed by atoms with E-state index in [9.17, 15) is 9.59 Å². The number of likely N-dealkylation sites (N-methyl/N-ethyl adjacent to an activating group) is 1. The van der Waals surface area contributed by atoms with Gasteiger partial charge in [0.1, 0.15) is 6.04 Å². The number of amides is 2. The number of carboxylic acids is 1. The average molecular weight is 230 g/mol. The summed E-state index contributed by atoms with van der Waals surface area (Å²) in [5, 5.41) is 11.1. The Hall–Kier alpha value is -1.34. The van der Waals surface area contributed by atoms with Crippen molar-refractivity contribution >= 4 is 12.0 Å². The van der Waals surface area contributed by atoms with Crippen LogP contribution >= 0.6 is 0 Å². The standard InChI is InChI=1S/C9H18N4O3/c1-12-2-4-13(5-3-12)9(16)11-6-7(10)8(14)15/h7H,2-6,10H2,1H3,(H,11,16)(H,14,15)/t7-/m0/s1. The summed E-state index contributed by atoms with van der Waals surface area (Å²) < 4.78 is 0. The third kappa shape index (κ3) is 3.67. The lowest BCUT2D eigenvalue weighted by atomic mass is 10.3. The normalized spacial score (nSPS) is 19.2. The van der Waals surface area contributed by atoms with E-state index in [2.05, 4.69) is 10.2 Å². The van der Waals surface area contributed by atoms with Crippen molar-refractivity contribution in [2.24, 2.45) is 5.73 Å². The molecule has 7 heteroatoms. The number of nitrogens with zero attached hydrogens (tertiary/aromatic N) is 2. The summed E-state index contributed by atoms with van der Waals surface area (Å²) in [7, 11) is 2.00. The third-order valence-corrected chi connectivity index (χ3v) is 2.58. The zero-order valence-electron chi connectivity index (χ0n) is 9.35. The summed E-state index contributed by atoms with van der Waals surface area (Å²) in [4.78, 5) is 25.8. The van der Waals surface area contributed by atoms with Crippen molar-refractivity contribution in [3.63, 3.8) is 0 Å². The number of hydrogen-bond acceptors (Lipinski definition) is 4. The van der Waals surface area contributed by atoms with E-state index in [1.807, 2.05) is 7.05 Å². The Kier molecular flexibility index (Phi) is 4.51. The van der Waals surface area contributed by atoms with Gasteiger partial charge in [0, 0.05) is 32.7 Å². The van der Waals surface area contributed by atoms with Crippen LogP contribution in [-0.4, -0.2) is 72.7 Å². The first-order valence-electron chi connectivity index (χ1n) is 5.20. The molecule has 0 aromatic heterocycles. The zero-order valence-corrected chi connectivity index (χ0v) is 9.35. The Bertz CT molecular complexity index is 263. The Morgan fingerprint density at radius 1 is 1.38 bits per heavy atom. The van der Waals surface area contributed by atoms with Gasteiger partial charge in [-0.2, -0.15) is 0 Å². The molecule has 0 aromatic carbocycles. The van der Waals surface area contributed by atoms with Gasteiger partial charge < -0.3 is 26.0 Å². The summed E-state index contributed by atoms with van der Waals surface area (Å²) in [5.74, 6) is -1.11. The van der Waals surface area contributed by atoms with Crippen LogP contribution in [0.3, 0.4) is 0 Å². The van der Waals surface area contributed by atoms with Crippen LogP contribution in [0, 0.1) is 0 Å². The zero-order chi connectivity index (χ0) is 12.1. The fourth-order valence-corrected chi connectivity index (χ4v) is 1.41. The third-order valence-electron chi connectivity index (χ3n) is 2.58. The molecule has 0 spiro atoms. The predicted octanol–water partition coefficient (Wildman–Crippen LogP) is -1.64. The maximum absolute atomic E-state index is 11.6. The summed E-state index contributed by atoms with van der Waals surface area (Å²) in [6.07, 6.45) is 0. The molecule has 1 saturated heterocycles. The van der Waals surface area contributed by atoms with Crippen LogP contribution in [0.15, 0.2) is 0 Å². The topological polar surface area (TPSA) is 98.9 Å². The summed E-state index contributed by atoms with van der Waals surface area (Å²) in [6, 6.07) is -1.29. The van der Waals surface area contributed by atoms with Gasteiger partial charge in [-0.05, 0) is 7.05 Å². The van der Waals surface area contributed by atoms with Crippen molar-refractivity contribution in [1.82, 2.24) is 15.1 Å². The van der Waals surface area contributed by atoms with E-state index in [-0.39, 0.29) is 12.6 Å². The number of piperazine rings is 1. The second kappa shape index (κ2) is 5.66. The molecule has 16 heavy (non-hydrogen) atoms. The number of carbonyl (C=O) groups excluding carboxylic acids is 1. The van der Waals surface area contributed by atoms with Gasteiger partial charge in [-0.3, -0.25) is 4.79 Å². The van der Waals surface area contributed by atoms with Crippen molar-refractivity contribution in [1.29, 1.82) is 0 Å². The largest absolute Gasteiger partial charge is 0.480 e. The first-order valence-corrected chi connectivity index (χ1v) is 5.20. The number of aliphatic carboxylic acids is 1. The van der Waals surface area contributed by atoms with Crippen LogP contribution in [-0.2, 0) is 4.79 Å². The molecule has 2 amide bonds. The fraction of sp³-hybridized carbons (Fsp3) is 0.778. The van der Waals surface area contributed by atoms with E-state index in [1.54, 1.807) is 4.90 Å². The van der Waals surface area contributed by atoms with E-state index >= 15 is 0 Å². The molecule has 1 aliphatic heterocycles. The molecule has 1 fully saturated rings. The lowest BCUT2D eigenvalue weighted by molar-refractivity contribution is -0.138. The van der Waals surface area contributed by atoms with Crippen LogP contribution in [0.25, 0.3) is 0 Å². The number of nitrogens with one attached hydrogen (secondary N) is 1. The molecule has 1 aliphatic rings. The molecule has 0 unspecified atom stereocenters. The molecular formula is C9H18N4O3. The Labute approximate surface area is 94.2 Å². The Balaban J connectivity index is 2.27. The molecule has 92 valence electrons. The highest BCUT2D eigenvalue weighted by Gasteiger charge is 2.20. The molecule has 1 rings (SSSR count). The highest BCUT2D eigenvalue weighted by Crippen LogP contribution is 1.98. The molecule has 7 nitrogen and oxygen atoms in total. The van der Waals surface area contributed by atoms with Gasteiger partial charge in [-0.1, -0.05) is 0 Å². The molecule has 4 N–H and O–H groups in total. The Morgan fingerprint density at radius 3 is 2.44 bits per heavy atom. The first kappa shape index (κ1) is 12.7. The summed E-state index contributed by atoms with van der Waals surface area (Å²) >= 11 is 0. The summed E-state index contributed by atoms with van der Waals surface area (Å²) in [6.45, 7) is 2.94. The van der Waals surface area contributed by atoms with Gasteiger partial charge in [0.2, 0.25) is 0 Å². The molecule has 0 radical (unpaired) electrons. The average Bonchev–Trinajstić information content (AvgIpc) is 2.26. The minimum Gasteiger partial charge on any atom is -0.480 e. The quantitative estimate of drug-likeness (QED) is 0.540. The molecule has 0 aromatic rings. The van der Waals surface area contributed by atoms with E-state index in [4.69, 9.17) is 10.8 Å². The van der Waals surface area contributed by atoms with Crippen LogP contribution in [0.4, 0.5) is 4.79 Å². The van der Waals surface area contributed by atoms with E-state index < -0.39 is 12.0 Å². The molecule has 0 aliphatic carbocycles. The van der Waals surface area contributed by atoms with Gasteiger partial charge >= 0.3 is 12.0 Å². The van der Waals surface area contributed by atoms with Crippen LogP contribution in [0.1, 0.15) is 0 Å². The maximum atomic E-state index is 11.6. The van der Waals surface area contributed by atoms with Crippen molar-refractivity contribution in [2.75, 3.05) is 39.8 Å². The van der Waals surface area contributed by atoms with Gasteiger partial charge in [0.15, 0.2) is 0 Å². The van der Waals surface area contributed by atoms with Crippen molar-refractivity contribution < 1.29 is 14.7 Å². The van der Waals surface area contributed by atoms with Crippen LogP contribution in [0.5, 0.6) is 0 Å². The van der Waals surface area contributed by atoms with Gasteiger partial charge in [0.05, 0.1) is 0 Å². The number of nitrogens with two attached hydrogens (primary N) is 1.